The zero-order valence-corrected chi connectivity index (χ0v) is 24.7. The van der Waals surface area contributed by atoms with Crippen LogP contribution < -0.4 is 0 Å². The van der Waals surface area contributed by atoms with Gasteiger partial charge in [-0.3, -0.25) is 14.4 Å². The number of benzene rings is 3. The summed E-state index contributed by atoms with van der Waals surface area (Å²) in [6, 6.07) is 19.3. The average molecular weight is 602 g/mol. The third-order valence-corrected chi connectivity index (χ3v) is 9.09. The van der Waals surface area contributed by atoms with Gasteiger partial charge in [0.1, 0.15) is 11.8 Å². The van der Waals surface area contributed by atoms with Gasteiger partial charge in [0.05, 0.1) is 19.8 Å². The molecule has 0 spiro atoms. The van der Waals surface area contributed by atoms with Crippen molar-refractivity contribution in [1.82, 2.24) is 14.9 Å². The first-order valence-corrected chi connectivity index (χ1v) is 15.5. The summed E-state index contributed by atoms with van der Waals surface area (Å²) < 4.78 is 5.75. The monoisotopic (exact) mass is 601 g/mol. The molecule has 232 valence electrons. The number of aliphatic hydroxyl groups excluding tert-OH is 1. The van der Waals surface area contributed by atoms with E-state index < -0.39 is 36.9 Å². The van der Waals surface area contributed by atoms with Gasteiger partial charge in [0.2, 0.25) is 5.91 Å². The number of carbonyl (C=O) groups excluding carboxylic acids is 3. The molecule has 3 aromatic carbocycles. The van der Waals surface area contributed by atoms with Crippen molar-refractivity contribution in [3.8, 4) is 5.75 Å². The van der Waals surface area contributed by atoms with Crippen molar-refractivity contribution >= 4 is 28.7 Å². The molecule has 3 fully saturated rings. The predicted molar refractivity (Wildman–Crippen MR) is 162 cm³/mol. The smallest absolute Gasteiger partial charge is 0.436 e. The highest BCUT2D eigenvalue weighted by Gasteiger charge is 2.53. The Bertz CT molecular complexity index is 1480. The first-order chi connectivity index (χ1) is 21.4. The first kappa shape index (κ1) is 29.9. The van der Waals surface area contributed by atoms with E-state index in [0.29, 0.717) is 18.5 Å². The Morgan fingerprint density at radius 3 is 2.45 bits per heavy atom. The number of rotatable bonds is 8. The maximum absolute atomic E-state index is 13.8. The quantitative estimate of drug-likeness (QED) is 0.400. The average Bonchev–Trinajstić information content (AvgIpc) is 3.05. The molecule has 2 saturated heterocycles. The van der Waals surface area contributed by atoms with E-state index in [-0.39, 0.29) is 37.1 Å². The SMILES string of the molecule is O=C1[C@H](CO)N2C(=O)[C@@H](Cc3ccc(O)cc3)ON(C(=O)OCC3CCCCC3)C2CN1CCc1cccc2ccccc12. The van der Waals surface area contributed by atoms with Gasteiger partial charge in [-0.2, -0.15) is 5.06 Å². The van der Waals surface area contributed by atoms with E-state index in [0.717, 1.165) is 47.1 Å². The van der Waals surface area contributed by atoms with Gasteiger partial charge in [0.15, 0.2) is 12.3 Å². The van der Waals surface area contributed by atoms with Crippen molar-refractivity contribution in [1.29, 1.82) is 0 Å². The molecule has 1 aliphatic carbocycles. The number of piperazine rings is 1. The summed E-state index contributed by atoms with van der Waals surface area (Å²) in [5, 5.41) is 23.4. The van der Waals surface area contributed by atoms with E-state index in [1.807, 2.05) is 42.5 Å². The number of hydroxylamine groups is 2. The molecule has 1 unspecified atom stereocenters. The minimum atomic E-state index is -1.17. The number of hydrogen-bond donors (Lipinski definition) is 2. The van der Waals surface area contributed by atoms with E-state index in [2.05, 4.69) is 0 Å². The number of ether oxygens (including phenoxy) is 1. The number of fused-ring (bicyclic) bond motifs is 2. The molecule has 3 atom stereocenters. The number of aliphatic hydroxyl groups is 1. The Hall–Kier alpha value is -4.15. The van der Waals surface area contributed by atoms with Crippen LogP contribution in [0.15, 0.2) is 66.7 Å². The van der Waals surface area contributed by atoms with Crippen LogP contribution >= 0.6 is 0 Å². The Balaban J connectivity index is 1.24. The predicted octanol–water partition coefficient (Wildman–Crippen LogP) is 4.02. The second-order valence-corrected chi connectivity index (χ2v) is 12.0. The lowest BCUT2D eigenvalue weighted by Crippen LogP contribution is -2.74. The molecular weight excluding hydrogens is 562 g/mol. The largest absolute Gasteiger partial charge is 0.508 e. The van der Waals surface area contributed by atoms with Crippen LogP contribution in [-0.4, -0.2) is 87.6 Å². The second-order valence-electron chi connectivity index (χ2n) is 12.0. The number of phenolic OH excluding ortho intramolecular Hbond substituents is 1. The third-order valence-electron chi connectivity index (χ3n) is 9.09. The van der Waals surface area contributed by atoms with Crippen molar-refractivity contribution < 1.29 is 34.2 Å². The summed E-state index contributed by atoms with van der Waals surface area (Å²) in [7, 11) is 0. The fourth-order valence-corrected chi connectivity index (χ4v) is 6.69. The highest BCUT2D eigenvalue weighted by molar-refractivity contribution is 5.92. The highest BCUT2D eigenvalue weighted by atomic mass is 16.7. The maximum Gasteiger partial charge on any atom is 0.436 e. The normalized spacial score (nSPS) is 22.8. The van der Waals surface area contributed by atoms with Crippen molar-refractivity contribution in [2.45, 2.75) is 63.3 Å². The molecule has 0 aromatic heterocycles. The Labute approximate surface area is 256 Å². The van der Waals surface area contributed by atoms with Crippen LogP contribution in [0.5, 0.6) is 5.75 Å². The number of amides is 3. The molecule has 10 nitrogen and oxygen atoms in total. The van der Waals surface area contributed by atoms with Crippen molar-refractivity contribution in [3.05, 3.63) is 77.9 Å². The van der Waals surface area contributed by atoms with Gasteiger partial charge in [-0.05, 0) is 59.2 Å². The molecule has 1 saturated carbocycles. The summed E-state index contributed by atoms with van der Waals surface area (Å²) in [4.78, 5) is 50.1. The van der Waals surface area contributed by atoms with Crippen molar-refractivity contribution in [3.63, 3.8) is 0 Å². The molecule has 3 amide bonds. The molecule has 0 radical (unpaired) electrons. The van der Waals surface area contributed by atoms with Crippen LogP contribution in [0.2, 0.25) is 0 Å². The lowest BCUT2D eigenvalue weighted by atomic mass is 9.90. The molecule has 0 bridgehead atoms. The van der Waals surface area contributed by atoms with Gasteiger partial charge >= 0.3 is 6.09 Å². The van der Waals surface area contributed by atoms with E-state index in [9.17, 15) is 24.6 Å². The van der Waals surface area contributed by atoms with E-state index in [4.69, 9.17) is 9.57 Å². The Morgan fingerprint density at radius 2 is 1.68 bits per heavy atom. The van der Waals surface area contributed by atoms with Gasteiger partial charge in [0, 0.05) is 13.0 Å². The first-order valence-electron chi connectivity index (χ1n) is 15.5. The van der Waals surface area contributed by atoms with Crippen LogP contribution in [-0.2, 0) is 32.0 Å². The summed E-state index contributed by atoms with van der Waals surface area (Å²) in [5.74, 6) is -0.500. The zero-order valence-electron chi connectivity index (χ0n) is 24.7. The number of aromatic hydroxyl groups is 1. The standard InChI is InChI=1S/C34H39N3O7/c38-21-29-32(40)35(18-17-26-11-6-10-25-9-4-5-12-28(25)26)20-31-36(29)33(41)30(19-23-13-15-27(39)16-14-23)44-37(31)34(42)43-22-24-7-2-1-3-8-24/h4-6,9-16,24,29-31,38-39H,1-3,7-8,17-22H2/t29-,30+,31?/m0/s1. The minimum Gasteiger partial charge on any atom is -0.508 e. The molecule has 2 heterocycles. The maximum atomic E-state index is 13.8. The number of hydrogen-bond acceptors (Lipinski definition) is 7. The number of nitrogens with zero attached hydrogens (tertiary/aromatic N) is 3. The topological polar surface area (TPSA) is 120 Å². The van der Waals surface area contributed by atoms with Crippen molar-refractivity contribution in [2.75, 3.05) is 26.3 Å². The fourth-order valence-electron chi connectivity index (χ4n) is 6.69. The second kappa shape index (κ2) is 13.2. The van der Waals surface area contributed by atoms with Gasteiger partial charge in [-0.15, -0.1) is 0 Å². The summed E-state index contributed by atoms with van der Waals surface area (Å²) >= 11 is 0. The molecule has 2 aliphatic heterocycles. The fraction of sp³-hybridized carbons (Fsp3) is 0.441. The van der Waals surface area contributed by atoms with Crippen molar-refractivity contribution in [2.24, 2.45) is 5.92 Å². The van der Waals surface area contributed by atoms with E-state index >= 15 is 0 Å². The van der Waals surface area contributed by atoms with Crippen LogP contribution in [0.3, 0.4) is 0 Å². The van der Waals surface area contributed by atoms with Gasteiger partial charge in [-0.1, -0.05) is 73.9 Å². The van der Waals surface area contributed by atoms with Crippen LogP contribution in [0.4, 0.5) is 4.79 Å². The summed E-state index contributed by atoms with van der Waals surface area (Å²) in [6.07, 6.45) is 3.25. The zero-order chi connectivity index (χ0) is 30.6. The van der Waals surface area contributed by atoms with Crippen LogP contribution in [0, 0.1) is 5.92 Å². The highest BCUT2D eigenvalue weighted by Crippen LogP contribution is 2.31. The lowest BCUT2D eigenvalue weighted by molar-refractivity contribution is -0.267. The Kier molecular flexibility index (Phi) is 8.99. The number of carbonyl (C=O) groups is 3. The minimum absolute atomic E-state index is 0.0241. The lowest BCUT2D eigenvalue weighted by Gasteiger charge is -2.52. The molecule has 6 rings (SSSR count). The van der Waals surface area contributed by atoms with E-state index in [1.165, 1.54) is 23.5 Å². The molecule has 3 aromatic rings. The Morgan fingerprint density at radius 1 is 0.932 bits per heavy atom. The van der Waals surface area contributed by atoms with Crippen LogP contribution in [0.1, 0.15) is 43.2 Å². The molecule has 2 N–H and O–H groups in total. The van der Waals surface area contributed by atoms with Gasteiger partial charge in [0.25, 0.3) is 5.91 Å². The third kappa shape index (κ3) is 6.23. The molecular formula is C34H39N3O7. The number of phenols is 1. The molecule has 44 heavy (non-hydrogen) atoms. The van der Waals surface area contributed by atoms with Crippen LogP contribution in [0.25, 0.3) is 10.8 Å². The van der Waals surface area contributed by atoms with E-state index in [1.54, 1.807) is 17.0 Å². The summed E-state index contributed by atoms with van der Waals surface area (Å²) in [5.41, 5.74) is 1.78. The summed E-state index contributed by atoms with van der Waals surface area (Å²) in [6.45, 7) is 0.0257. The molecule has 10 heteroatoms. The van der Waals surface area contributed by atoms with Gasteiger partial charge < -0.3 is 24.7 Å². The van der Waals surface area contributed by atoms with Gasteiger partial charge in [-0.25, -0.2) is 4.79 Å². The molecule has 3 aliphatic rings.